The van der Waals surface area contributed by atoms with Gasteiger partial charge < -0.3 is 0 Å². The van der Waals surface area contributed by atoms with E-state index in [9.17, 15) is 4.79 Å². The van der Waals surface area contributed by atoms with E-state index in [0.29, 0.717) is 0 Å². The quantitative estimate of drug-likeness (QED) is 0.440. The Kier molecular flexibility index (Phi) is 4.05. The lowest BCUT2D eigenvalue weighted by Crippen LogP contribution is -2.02. The topological polar surface area (TPSA) is 17.1 Å². The molecule has 0 aromatic rings. The van der Waals surface area contributed by atoms with Crippen LogP contribution in [0.1, 0.15) is 20.8 Å². The van der Waals surface area contributed by atoms with Gasteiger partial charge in [-0.3, -0.25) is 4.79 Å². The van der Waals surface area contributed by atoms with E-state index in [4.69, 9.17) is 0 Å². The molecule has 0 N–H and O–H groups in total. The van der Waals surface area contributed by atoms with Crippen LogP contribution in [0.3, 0.4) is 0 Å². The molecule has 0 radical (unpaired) electrons. The van der Waals surface area contributed by atoms with Crippen molar-refractivity contribution in [3.05, 3.63) is 0 Å². The minimum absolute atomic E-state index is 1.09. The highest BCUT2D eigenvalue weighted by molar-refractivity contribution is 7.88. The van der Waals surface area contributed by atoms with Crippen LogP contribution in [0.4, 0.5) is 0 Å². The van der Waals surface area contributed by atoms with Crippen molar-refractivity contribution >= 4 is 13.3 Å². The monoisotopic (exact) mass is 147 g/mol. The zero-order valence-electron chi connectivity index (χ0n) is 6.55. The van der Waals surface area contributed by atoms with Crippen LogP contribution >= 0.6 is 7.26 Å². The summed E-state index contributed by atoms with van der Waals surface area (Å²) < 4.78 is 0. The number of hydrogen-bond donors (Lipinski definition) is 0. The fourth-order valence-corrected chi connectivity index (χ4v) is 2.68. The maximum atomic E-state index is 10.6. The fourth-order valence-electron chi connectivity index (χ4n) is 0.894. The summed E-state index contributed by atoms with van der Waals surface area (Å²) in [5.74, 6) is 0. The van der Waals surface area contributed by atoms with Crippen LogP contribution < -0.4 is 0 Å². The van der Waals surface area contributed by atoms with E-state index in [2.05, 4.69) is 20.8 Å². The average molecular weight is 147 g/mol. The first kappa shape index (κ1) is 9.10. The minimum atomic E-state index is -1.10. The molecule has 0 aliphatic carbocycles. The largest absolute Gasteiger partial charge is 0.257 e. The lowest BCUT2D eigenvalue weighted by atomic mass is 10.9. The average Bonchev–Trinajstić information content (AvgIpc) is 1.95. The van der Waals surface area contributed by atoms with E-state index in [1.165, 1.54) is 6.03 Å². The Hall–Kier alpha value is 0.100. The molecular weight excluding hydrogens is 131 g/mol. The van der Waals surface area contributed by atoms with Gasteiger partial charge in [0.05, 0.1) is 25.7 Å². The summed E-state index contributed by atoms with van der Waals surface area (Å²) in [6.07, 6.45) is 3.26. The van der Waals surface area contributed by atoms with Gasteiger partial charge in [0.2, 0.25) is 0 Å². The molecule has 0 amide bonds. The summed E-state index contributed by atoms with van der Waals surface area (Å²) in [4.78, 5) is 10.6. The molecule has 0 bridgehead atoms. The summed E-state index contributed by atoms with van der Waals surface area (Å²) in [7, 11) is -1.10. The molecule has 54 valence electrons. The predicted molar refractivity (Wildman–Crippen MR) is 45.3 cm³/mol. The van der Waals surface area contributed by atoms with Gasteiger partial charge in [-0.2, -0.15) is 0 Å². The van der Waals surface area contributed by atoms with E-state index in [1.807, 2.05) is 0 Å². The Bertz CT molecular complexity index is 78.7. The summed E-state index contributed by atoms with van der Waals surface area (Å²) in [6.45, 7) is 6.36. The van der Waals surface area contributed by atoms with Gasteiger partial charge in [0.1, 0.15) is 0 Å². The van der Waals surface area contributed by atoms with E-state index >= 15 is 0 Å². The van der Waals surface area contributed by atoms with Gasteiger partial charge in [0.15, 0.2) is 0 Å². The second-order valence-corrected chi connectivity index (χ2v) is 6.82. The smallest absolute Gasteiger partial charge is 0.256 e. The van der Waals surface area contributed by atoms with Crippen molar-refractivity contribution in [2.45, 2.75) is 20.8 Å². The van der Waals surface area contributed by atoms with Crippen LogP contribution in [0, 0.1) is 0 Å². The third-order valence-electron chi connectivity index (χ3n) is 2.11. The lowest BCUT2D eigenvalue weighted by Gasteiger charge is -2.13. The number of carbonyl (C=O) groups excluding carboxylic acids is 1. The predicted octanol–water partition coefficient (Wildman–Crippen LogP) is 2.25. The van der Waals surface area contributed by atoms with Crippen molar-refractivity contribution in [3.63, 3.8) is 0 Å². The van der Waals surface area contributed by atoms with Gasteiger partial charge in [-0.25, -0.2) is 0 Å². The molecule has 0 saturated heterocycles. The fraction of sp³-hybridized carbons (Fsp3) is 0.857. The maximum Gasteiger partial charge on any atom is 0.256 e. The van der Waals surface area contributed by atoms with Gasteiger partial charge in [0.25, 0.3) is 6.03 Å². The minimum Gasteiger partial charge on any atom is -0.257 e. The highest BCUT2D eigenvalue weighted by atomic mass is 31.2. The molecule has 0 rings (SSSR count). The third kappa shape index (κ3) is 2.06. The first-order chi connectivity index (χ1) is 4.24. The van der Waals surface area contributed by atoms with Gasteiger partial charge >= 0.3 is 0 Å². The Balaban J connectivity index is 3.98. The van der Waals surface area contributed by atoms with Crippen LogP contribution in [-0.4, -0.2) is 24.5 Å². The second-order valence-electron chi connectivity index (χ2n) is 2.27. The van der Waals surface area contributed by atoms with Crippen molar-refractivity contribution in [1.82, 2.24) is 0 Å². The zero-order chi connectivity index (χ0) is 7.33. The van der Waals surface area contributed by atoms with Crippen molar-refractivity contribution in [3.8, 4) is 0 Å². The molecule has 0 aromatic heterocycles. The van der Waals surface area contributed by atoms with Crippen LogP contribution in [0.15, 0.2) is 0 Å². The highest BCUT2D eigenvalue weighted by Gasteiger charge is 2.30. The zero-order valence-corrected chi connectivity index (χ0v) is 7.45. The van der Waals surface area contributed by atoms with E-state index in [0.717, 1.165) is 18.5 Å². The van der Waals surface area contributed by atoms with Gasteiger partial charge in [0, 0.05) is 0 Å². The van der Waals surface area contributed by atoms with E-state index in [1.54, 1.807) is 0 Å². The van der Waals surface area contributed by atoms with Crippen molar-refractivity contribution in [2.24, 2.45) is 0 Å². The summed E-state index contributed by atoms with van der Waals surface area (Å²) >= 11 is 0. The molecule has 0 aliphatic heterocycles. The summed E-state index contributed by atoms with van der Waals surface area (Å²) in [6, 6.07) is 1.22. The molecule has 0 aliphatic rings. The third-order valence-corrected chi connectivity index (χ3v) is 6.34. The molecule has 1 nitrogen and oxygen atoms in total. The molecule has 0 atom stereocenters. The molecule has 9 heavy (non-hydrogen) atoms. The molecule has 0 heterocycles. The second kappa shape index (κ2) is 4.00. The normalized spacial score (nSPS) is 11.4. The molecule has 0 fully saturated rings. The number of hydrogen-bond acceptors (Lipinski definition) is 1. The maximum absolute atomic E-state index is 10.6. The van der Waals surface area contributed by atoms with Gasteiger partial charge in [-0.05, 0) is 20.8 Å². The standard InChI is InChI=1S/C7H16OP/c1-4-9(5-2,6-3)7-8/h7H,4-6H2,1-3H3/q+1. The van der Waals surface area contributed by atoms with Gasteiger partial charge in [-0.1, -0.05) is 0 Å². The van der Waals surface area contributed by atoms with Crippen molar-refractivity contribution in [2.75, 3.05) is 18.5 Å². The van der Waals surface area contributed by atoms with Crippen LogP contribution in [0.25, 0.3) is 0 Å². The van der Waals surface area contributed by atoms with E-state index < -0.39 is 7.26 Å². The molecule has 0 unspecified atom stereocenters. The first-order valence-electron chi connectivity index (χ1n) is 3.56. The molecule has 0 saturated carbocycles. The number of rotatable bonds is 4. The molecular formula is C7H16OP+. The highest BCUT2D eigenvalue weighted by Crippen LogP contribution is 2.54. The Morgan fingerprint density at radius 2 is 1.44 bits per heavy atom. The van der Waals surface area contributed by atoms with Crippen molar-refractivity contribution < 1.29 is 4.79 Å². The molecule has 2 heteroatoms. The first-order valence-corrected chi connectivity index (χ1v) is 5.98. The lowest BCUT2D eigenvalue weighted by molar-refractivity contribution is 0.568. The Morgan fingerprint density at radius 3 is 1.44 bits per heavy atom. The Morgan fingerprint density at radius 1 is 1.11 bits per heavy atom. The SMILES string of the molecule is CC[P+](C=O)(CC)CC. The van der Waals surface area contributed by atoms with Crippen molar-refractivity contribution in [1.29, 1.82) is 0 Å². The number of carbonyl (C=O) groups is 1. The van der Waals surface area contributed by atoms with Crippen LogP contribution in [-0.2, 0) is 4.79 Å². The molecule has 0 spiro atoms. The Labute approximate surface area is 58.2 Å². The van der Waals surface area contributed by atoms with Gasteiger partial charge in [-0.15, -0.1) is 0 Å². The van der Waals surface area contributed by atoms with Crippen LogP contribution in [0.5, 0.6) is 0 Å². The van der Waals surface area contributed by atoms with Crippen LogP contribution in [0.2, 0.25) is 0 Å². The summed E-state index contributed by atoms with van der Waals surface area (Å²) in [5.41, 5.74) is 0. The molecule has 0 aromatic carbocycles. The van der Waals surface area contributed by atoms with E-state index in [-0.39, 0.29) is 0 Å². The summed E-state index contributed by atoms with van der Waals surface area (Å²) in [5, 5.41) is 0.